The molecule has 2 aromatic heterocycles. The minimum Gasteiger partial charge on any atom is -0.384 e. The number of amidine groups is 1. The molecule has 2 heterocycles. The van der Waals surface area contributed by atoms with Gasteiger partial charge in [-0.15, -0.1) is 0 Å². The van der Waals surface area contributed by atoms with Crippen LogP contribution in [0.5, 0.6) is 0 Å². The molecule has 0 spiro atoms. The molecule has 0 radical (unpaired) electrons. The van der Waals surface area contributed by atoms with Gasteiger partial charge in [-0.1, -0.05) is 12.1 Å². The third kappa shape index (κ3) is 1.45. The molecule has 0 unspecified atom stereocenters. The zero-order valence-electron chi connectivity index (χ0n) is 9.40. The number of nitrogen functional groups attached to an aromatic ring is 1. The molecule has 1 aromatic carbocycles. The number of nitrogens with two attached hydrogens (primary N) is 1. The SMILES string of the molecule is N=C(N)c1cc2c(ccc3cccnc32)[nH]c1=O. The lowest BCUT2D eigenvalue weighted by Crippen LogP contribution is -2.23. The molecule has 0 atom stereocenters. The van der Waals surface area contributed by atoms with Gasteiger partial charge in [-0.25, -0.2) is 0 Å². The first kappa shape index (κ1) is 10.5. The van der Waals surface area contributed by atoms with E-state index in [0.717, 1.165) is 16.3 Å². The van der Waals surface area contributed by atoms with Crippen LogP contribution in [0, 0.1) is 5.41 Å². The van der Waals surface area contributed by atoms with E-state index >= 15 is 0 Å². The van der Waals surface area contributed by atoms with Crippen molar-refractivity contribution in [2.45, 2.75) is 0 Å². The fraction of sp³-hybridized carbons (Fsp3) is 0. The highest BCUT2D eigenvalue weighted by Crippen LogP contribution is 2.21. The summed E-state index contributed by atoms with van der Waals surface area (Å²) in [5, 5.41) is 9.16. The zero-order valence-corrected chi connectivity index (χ0v) is 9.40. The van der Waals surface area contributed by atoms with Crippen LogP contribution < -0.4 is 11.3 Å². The number of nitrogens with zero attached hydrogens (tertiary/aromatic N) is 1. The highest BCUT2D eigenvalue weighted by molar-refractivity contribution is 6.06. The number of hydrogen-bond donors (Lipinski definition) is 3. The van der Waals surface area contributed by atoms with Gasteiger partial charge in [0.25, 0.3) is 5.56 Å². The first-order valence-electron chi connectivity index (χ1n) is 5.42. The Morgan fingerprint density at radius 2 is 2.17 bits per heavy atom. The second-order valence-electron chi connectivity index (χ2n) is 4.03. The molecule has 3 aromatic rings. The number of benzene rings is 1. The molecule has 0 saturated carbocycles. The molecular weight excluding hydrogens is 228 g/mol. The Bertz CT molecular complexity index is 835. The van der Waals surface area contributed by atoms with Gasteiger partial charge in [-0.3, -0.25) is 15.2 Å². The Morgan fingerprint density at radius 3 is 2.94 bits per heavy atom. The van der Waals surface area contributed by atoms with Gasteiger partial charge in [-0.05, 0) is 18.2 Å². The van der Waals surface area contributed by atoms with Crippen LogP contribution in [-0.2, 0) is 0 Å². The maximum absolute atomic E-state index is 11.7. The molecule has 5 nitrogen and oxygen atoms in total. The minimum atomic E-state index is -0.356. The van der Waals surface area contributed by atoms with Crippen molar-refractivity contribution in [3.8, 4) is 0 Å². The van der Waals surface area contributed by atoms with E-state index in [4.69, 9.17) is 11.1 Å². The molecule has 0 aliphatic carbocycles. The second kappa shape index (κ2) is 3.66. The third-order valence-corrected chi connectivity index (χ3v) is 2.89. The fourth-order valence-electron chi connectivity index (χ4n) is 2.02. The number of fused-ring (bicyclic) bond motifs is 3. The lowest BCUT2D eigenvalue weighted by atomic mass is 10.1. The smallest absolute Gasteiger partial charge is 0.259 e. The summed E-state index contributed by atoms with van der Waals surface area (Å²) in [6.07, 6.45) is 1.69. The van der Waals surface area contributed by atoms with E-state index in [-0.39, 0.29) is 17.0 Å². The second-order valence-corrected chi connectivity index (χ2v) is 4.03. The van der Waals surface area contributed by atoms with E-state index in [0.29, 0.717) is 5.52 Å². The van der Waals surface area contributed by atoms with Crippen molar-refractivity contribution in [2.75, 3.05) is 0 Å². The molecule has 5 heteroatoms. The zero-order chi connectivity index (χ0) is 12.7. The number of rotatable bonds is 1. The van der Waals surface area contributed by atoms with Crippen LogP contribution in [0.2, 0.25) is 0 Å². The summed E-state index contributed by atoms with van der Waals surface area (Å²) in [7, 11) is 0. The first-order chi connectivity index (χ1) is 8.66. The van der Waals surface area contributed by atoms with Crippen LogP contribution in [0.1, 0.15) is 5.56 Å². The Labute approximate surface area is 102 Å². The molecule has 0 amide bonds. The van der Waals surface area contributed by atoms with Crippen LogP contribution in [0.4, 0.5) is 0 Å². The molecule has 0 bridgehead atoms. The fourth-order valence-corrected chi connectivity index (χ4v) is 2.02. The Morgan fingerprint density at radius 1 is 1.33 bits per heavy atom. The monoisotopic (exact) mass is 238 g/mol. The summed E-state index contributed by atoms with van der Waals surface area (Å²) >= 11 is 0. The van der Waals surface area contributed by atoms with Gasteiger partial charge in [0.1, 0.15) is 5.84 Å². The van der Waals surface area contributed by atoms with Crippen molar-refractivity contribution in [1.82, 2.24) is 9.97 Å². The van der Waals surface area contributed by atoms with E-state index in [1.54, 1.807) is 12.3 Å². The highest BCUT2D eigenvalue weighted by atomic mass is 16.1. The summed E-state index contributed by atoms with van der Waals surface area (Å²) < 4.78 is 0. The van der Waals surface area contributed by atoms with Gasteiger partial charge >= 0.3 is 0 Å². The third-order valence-electron chi connectivity index (χ3n) is 2.89. The number of aromatic nitrogens is 2. The van der Waals surface area contributed by atoms with Crippen molar-refractivity contribution < 1.29 is 0 Å². The normalized spacial score (nSPS) is 10.9. The average molecular weight is 238 g/mol. The summed E-state index contributed by atoms with van der Waals surface area (Å²) in [6, 6.07) is 9.14. The molecule has 0 saturated heterocycles. The van der Waals surface area contributed by atoms with Crippen LogP contribution in [-0.4, -0.2) is 15.8 Å². The summed E-state index contributed by atoms with van der Waals surface area (Å²) in [4.78, 5) is 18.7. The van der Waals surface area contributed by atoms with Gasteiger partial charge in [0, 0.05) is 17.0 Å². The predicted octanol–water partition coefficient (Wildman–Crippen LogP) is 1.36. The van der Waals surface area contributed by atoms with Crippen LogP contribution in [0.3, 0.4) is 0 Å². The van der Waals surface area contributed by atoms with E-state index in [1.165, 1.54) is 0 Å². The molecule has 88 valence electrons. The molecule has 3 rings (SSSR count). The number of aromatic amines is 1. The number of hydrogen-bond acceptors (Lipinski definition) is 3. The standard InChI is InChI=1S/C13H10N4O/c14-12(15)9-6-8-10(17-13(9)18)4-3-7-2-1-5-16-11(7)8/h1-6H,(H3,14,15)(H,17,18). The minimum absolute atomic E-state index is 0.167. The topological polar surface area (TPSA) is 95.6 Å². The molecule has 0 aliphatic heterocycles. The van der Waals surface area contributed by atoms with Crippen LogP contribution >= 0.6 is 0 Å². The van der Waals surface area contributed by atoms with Crippen LogP contribution in [0.15, 0.2) is 41.3 Å². The molecule has 18 heavy (non-hydrogen) atoms. The van der Waals surface area contributed by atoms with Gasteiger partial charge in [0.15, 0.2) is 0 Å². The summed E-state index contributed by atoms with van der Waals surface area (Å²) in [5.74, 6) is -0.244. The molecule has 0 fully saturated rings. The quantitative estimate of drug-likeness (QED) is 0.339. The Balaban J connectivity index is 2.53. The van der Waals surface area contributed by atoms with Crippen molar-refractivity contribution in [3.63, 3.8) is 0 Å². The molecule has 0 aliphatic rings. The van der Waals surface area contributed by atoms with E-state index in [2.05, 4.69) is 9.97 Å². The number of nitrogens with one attached hydrogen (secondary N) is 2. The maximum Gasteiger partial charge on any atom is 0.259 e. The van der Waals surface area contributed by atoms with Crippen molar-refractivity contribution >= 4 is 27.6 Å². The summed E-state index contributed by atoms with van der Waals surface area (Å²) in [5.41, 5.74) is 6.68. The van der Waals surface area contributed by atoms with E-state index in [9.17, 15) is 4.79 Å². The Kier molecular flexibility index (Phi) is 2.13. The van der Waals surface area contributed by atoms with Gasteiger partial charge < -0.3 is 10.7 Å². The van der Waals surface area contributed by atoms with Crippen molar-refractivity contribution in [1.29, 1.82) is 5.41 Å². The largest absolute Gasteiger partial charge is 0.384 e. The first-order valence-corrected chi connectivity index (χ1v) is 5.42. The summed E-state index contributed by atoms with van der Waals surface area (Å²) in [6.45, 7) is 0. The van der Waals surface area contributed by atoms with Gasteiger partial charge in [-0.2, -0.15) is 0 Å². The molecular formula is C13H10N4O. The average Bonchev–Trinajstić information content (AvgIpc) is 2.37. The predicted molar refractivity (Wildman–Crippen MR) is 70.9 cm³/mol. The van der Waals surface area contributed by atoms with Crippen molar-refractivity contribution in [3.05, 3.63) is 52.4 Å². The van der Waals surface area contributed by atoms with Gasteiger partial charge in [0.05, 0.1) is 16.6 Å². The maximum atomic E-state index is 11.7. The van der Waals surface area contributed by atoms with Crippen molar-refractivity contribution in [2.24, 2.45) is 5.73 Å². The number of H-pyrrole nitrogens is 1. The highest BCUT2D eigenvalue weighted by Gasteiger charge is 2.08. The van der Waals surface area contributed by atoms with E-state index in [1.807, 2.05) is 24.3 Å². The number of pyridine rings is 2. The molecule has 4 N–H and O–H groups in total. The van der Waals surface area contributed by atoms with Gasteiger partial charge in [0.2, 0.25) is 0 Å². The van der Waals surface area contributed by atoms with E-state index < -0.39 is 0 Å². The lowest BCUT2D eigenvalue weighted by molar-refractivity contribution is 1.27. The lowest BCUT2D eigenvalue weighted by Gasteiger charge is -2.04. The Hall–Kier alpha value is -2.69. The van der Waals surface area contributed by atoms with Crippen LogP contribution in [0.25, 0.3) is 21.8 Å².